The average molecular weight is 275 g/mol. The van der Waals surface area contributed by atoms with Gasteiger partial charge in [-0.3, -0.25) is 0 Å². The lowest BCUT2D eigenvalue weighted by atomic mass is 10.0. The van der Waals surface area contributed by atoms with E-state index in [0.717, 1.165) is 13.0 Å². The third kappa shape index (κ3) is 3.53. The van der Waals surface area contributed by atoms with Crippen molar-refractivity contribution in [3.8, 4) is 0 Å². The number of likely N-dealkylation sites (N-methyl/N-ethyl adjacent to an activating group) is 1. The summed E-state index contributed by atoms with van der Waals surface area (Å²) in [5.41, 5.74) is 9.81. The molecule has 2 rings (SSSR count). The Labute approximate surface area is 123 Å². The van der Waals surface area contributed by atoms with Gasteiger partial charge in [-0.1, -0.05) is 19.1 Å². The van der Waals surface area contributed by atoms with Crippen LogP contribution >= 0.6 is 0 Å². The molecule has 3 heteroatoms. The quantitative estimate of drug-likeness (QED) is 0.916. The van der Waals surface area contributed by atoms with Gasteiger partial charge in [0, 0.05) is 24.8 Å². The Bertz CT molecular complexity index is 430. The van der Waals surface area contributed by atoms with Gasteiger partial charge in [0.15, 0.2) is 0 Å². The highest BCUT2D eigenvalue weighted by molar-refractivity contribution is 5.55. The van der Waals surface area contributed by atoms with Crippen LogP contribution in [0.3, 0.4) is 0 Å². The van der Waals surface area contributed by atoms with Gasteiger partial charge in [0.05, 0.1) is 0 Å². The van der Waals surface area contributed by atoms with E-state index in [4.69, 9.17) is 5.73 Å². The number of anilines is 1. The van der Waals surface area contributed by atoms with Gasteiger partial charge in [0.25, 0.3) is 0 Å². The van der Waals surface area contributed by atoms with Crippen LogP contribution in [0.1, 0.15) is 30.9 Å². The second-order valence-corrected chi connectivity index (χ2v) is 6.03. The van der Waals surface area contributed by atoms with Crippen molar-refractivity contribution in [3.05, 3.63) is 29.3 Å². The third-order valence-electron chi connectivity index (χ3n) is 4.38. The van der Waals surface area contributed by atoms with E-state index >= 15 is 0 Å². The number of aryl methyl sites for hydroxylation is 1. The molecule has 1 aliphatic heterocycles. The molecule has 1 aliphatic rings. The van der Waals surface area contributed by atoms with Crippen molar-refractivity contribution >= 4 is 5.69 Å². The van der Waals surface area contributed by atoms with Crippen molar-refractivity contribution in [2.24, 2.45) is 5.73 Å². The minimum absolute atomic E-state index is 0.626. The Morgan fingerprint density at radius 3 is 2.75 bits per heavy atom. The molecule has 1 fully saturated rings. The predicted molar refractivity (Wildman–Crippen MR) is 87.5 cm³/mol. The van der Waals surface area contributed by atoms with Gasteiger partial charge in [0.1, 0.15) is 0 Å². The van der Waals surface area contributed by atoms with E-state index in [0.29, 0.717) is 6.04 Å². The second kappa shape index (κ2) is 7.09. The maximum absolute atomic E-state index is 5.66. The Kier molecular flexibility index (Phi) is 5.44. The molecular formula is C17H29N3. The first-order valence-corrected chi connectivity index (χ1v) is 7.90. The molecule has 112 valence electrons. The van der Waals surface area contributed by atoms with Crippen LogP contribution in [-0.2, 0) is 6.42 Å². The first kappa shape index (κ1) is 15.3. The monoisotopic (exact) mass is 275 g/mol. The molecule has 0 aromatic heterocycles. The fourth-order valence-corrected chi connectivity index (χ4v) is 3.27. The summed E-state index contributed by atoms with van der Waals surface area (Å²) in [6, 6.07) is 7.48. The SMILES string of the molecule is CCC1CN(C)CCCN1c1ccc(CCN)cc1C. The van der Waals surface area contributed by atoms with Crippen molar-refractivity contribution in [1.82, 2.24) is 4.90 Å². The highest BCUT2D eigenvalue weighted by Gasteiger charge is 2.23. The van der Waals surface area contributed by atoms with E-state index in [1.165, 1.54) is 49.3 Å². The first-order valence-electron chi connectivity index (χ1n) is 7.90. The van der Waals surface area contributed by atoms with Gasteiger partial charge in [-0.2, -0.15) is 0 Å². The van der Waals surface area contributed by atoms with Crippen molar-refractivity contribution in [3.63, 3.8) is 0 Å². The lowest BCUT2D eigenvalue weighted by molar-refractivity contribution is 0.328. The van der Waals surface area contributed by atoms with E-state index in [2.05, 4.69) is 48.9 Å². The molecule has 0 saturated carbocycles. The standard InChI is InChI=1S/C17H29N3/c1-4-16-13-19(3)10-5-11-20(16)17-7-6-15(8-9-18)12-14(17)2/h6-7,12,16H,4-5,8-11,13,18H2,1-3H3. The zero-order chi connectivity index (χ0) is 14.5. The third-order valence-corrected chi connectivity index (χ3v) is 4.38. The molecular weight excluding hydrogens is 246 g/mol. The van der Waals surface area contributed by atoms with Gasteiger partial charge in [-0.15, -0.1) is 0 Å². The van der Waals surface area contributed by atoms with Crippen molar-refractivity contribution in [2.45, 2.75) is 39.2 Å². The predicted octanol–water partition coefficient (Wildman–Crippen LogP) is 2.42. The molecule has 1 saturated heterocycles. The molecule has 1 atom stereocenters. The van der Waals surface area contributed by atoms with Crippen LogP contribution in [0.2, 0.25) is 0 Å². The summed E-state index contributed by atoms with van der Waals surface area (Å²) in [6.45, 7) is 8.80. The van der Waals surface area contributed by atoms with E-state index in [-0.39, 0.29) is 0 Å². The number of nitrogens with zero attached hydrogens (tertiary/aromatic N) is 2. The van der Waals surface area contributed by atoms with E-state index in [1.54, 1.807) is 0 Å². The van der Waals surface area contributed by atoms with Gasteiger partial charge in [0.2, 0.25) is 0 Å². The van der Waals surface area contributed by atoms with Gasteiger partial charge in [-0.05, 0) is 63.5 Å². The Hall–Kier alpha value is -1.06. The molecule has 3 nitrogen and oxygen atoms in total. The summed E-state index contributed by atoms with van der Waals surface area (Å²) in [5, 5.41) is 0. The minimum atomic E-state index is 0.626. The van der Waals surface area contributed by atoms with Gasteiger partial charge >= 0.3 is 0 Å². The zero-order valence-corrected chi connectivity index (χ0v) is 13.2. The van der Waals surface area contributed by atoms with E-state index < -0.39 is 0 Å². The van der Waals surface area contributed by atoms with E-state index in [1.807, 2.05) is 0 Å². The topological polar surface area (TPSA) is 32.5 Å². The fraction of sp³-hybridized carbons (Fsp3) is 0.647. The zero-order valence-electron chi connectivity index (χ0n) is 13.2. The van der Waals surface area contributed by atoms with Crippen LogP contribution in [-0.4, -0.2) is 44.2 Å². The first-order chi connectivity index (χ1) is 9.65. The Morgan fingerprint density at radius 2 is 2.10 bits per heavy atom. The highest BCUT2D eigenvalue weighted by atomic mass is 15.2. The smallest absolute Gasteiger partial charge is 0.0414 e. The molecule has 0 spiro atoms. The lowest BCUT2D eigenvalue weighted by Crippen LogP contribution is -2.40. The van der Waals surface area contributed by atoms with Crippen LogP contribution in [0.5, 0.6) is 0 Å². The number of hydrogen-bond acceptors (Lipinski definition) is 3. The molecule has 1 unspecified atom stereocenters. The van der Waals surface area contributed by atoms with Crippen LogP contribution < -0.4 is 10.6 Å². The average Bonchev–Trinajstić information content (AvgIpc) is 2.61. The summed E-state index contributed by atoms with van der Waals surface area (Å²) < 4.78 is 0. The molecule has 2 N–H and O–H groups in total. The molecule has 1 heterocycles. The summed E-state index contributed by atoms with van der Waals surface area (Å²) in [6.07, 6.45) is 3.42. The van der Waals surface area contributed by atoms with Crippen LogP contribution in [0, 0.1) is 6.92 Å². The maximum atomic E-state index is 5.66. The molecule has 1 aromatic rings. The number of rotatable bonds is 4. The number of hydrogen-bond donors (Lipinski definition) is 1. The van der Waals surface area contributed by atoms with Crippen molar-refractivity contribution in [2.75, 3.05) is 38.1 Å². The molecule has 0 bridgehead atoms. The largest absolute Gasteiger partial charge is 0.367 e. The van der Waals surface area contributed by atoms with E-state index in [9.17, 15) is 0 Å². The summed E-state index contributed by atoms with van der Waals surface area (Å²) in [5.74, 6) is 0. The molecule has 0 amide bonds. The minimum Gasteiger partial charge on any atom is -0.367 e. The van der Waals surface area contributed by atoms with Crippen LogP contribution in [0.15, 0.2) is 18.2 Å². The maximum Gasteiger partial charge on any atom is 0.0414 e. The molecule has 0 aliphatic carbocycles. The highest BCUT2D eigenvalue weighted by Crippen LogP contribution is 2.26. The van der Waals surface area contributed by atoms with Crippen molar-refractivity contribution in [1.29, 1.82) is 0 Å². The fourth-order valence-electron chi connectivity index (χ4n) is 3.27. The second-order valence-electron chi connectivity index (χ2n) is 6.03. The Balaban J connectivity index is 2.23. The lowest BCUT2D eigenvalue weighted by Gasteiger charge is -2.33. The summed E-state index contributed by atoms with van der Waals surface area (Å²) in [4.78, 5) is 5.08. The summed E-state index contributed by atoms with van der Waals surface area (Å²) >= 11 is 0. The molecule has 1 aromatic carbocycles. The molecule has 20 heavy (non-hydrogen) atoms. The normalized spacial score (nSPS) is 21.0. The Morgan fingerprint density at radius 1 is 1.30 bits per heavy atom. The van der Waals surface area contributed by atoms with Crippen LogP contribution in [0.25, 0.3) is 0 Å². The van der Waals surface area contributed by atoms with Crippen LogP contribution in [0.4, 0.5) is 5.69 Å². The molecule has 0 radical (unpaired) electrons. The summed E-state index contributed by atoms with van der Waals surface area (Å²) in [7, 11) is 2.24. The van der Waals surface area contributed by atoms with Gasteiger partial charge in [-0.25, -0.2) is 0 Å². The number of benzene rings is 1. The number of nitrogens with two attached hydrogens (primary N) is 1. The van der Waals surface area contributed by atoms with Gasteiger partial charge < -0.3 is 15.5 Å². The van der Waals surface area contributed by atoms with Crippen molar-refractivity contribution < 1.29 is 0 Å².